The van der Waals surface area contributed by atoms with Crippen LogP contribution in [0.1, 0.15) is 72.1 Å². The Balaban J connectivity index is 1.95. The molecule has 106 valence electrons. The lowest BCUT2D eigenvalue weighted by molar-refractivity contribution is 0.0280. The third-order valence-electron chi connectivity index (χ3n) is 5.61. The van der Waals surface area contributed by atoms with Crippen LogP contribution in [0.25, 0.3) is 0 Å². The Labute approximate surface area is 114 Å². The summed E-state index contributed by atoms with van der Waals surface area (Å²) in [5.41, 5.74) is 0.722. The molecule has 1 atom stereocenters. The van der Waals surface area contributed by atoms with E-state index in [9.17, 15) is 0 Å². The first-order chi connectivity index (χ1) is 8.66. The lowest BCUT2D eigenvalue weighted by Crippen LogP contribution is -2.47. The molecular weight excluding hydrogens is 218 g/mol. The van der Waals surface area contributed by atoms with Crippen molar-refractivity contribution in [2.24, 2.45) is 23.2 Å². The third kappa shape index (κ3) is 3.29. The van der Waals surface area contributed by atoms with E-state index < -0.39 is 0 Å². The first-order valence-corrected chi connectivity index (χ1v) is 8.37. The minimum Gasteiger partial charge on any atom is -0.316 e. The highest BCUT2D eigenvalue weighted by molar-refractivity contribution is 4.95. The van der Waals surface area contributed by atoms with Crippen LogP contribution in [0.3, 0.4) is 0 Å². The van der Waals surface area contributed by atoms with Gasteiger partial charge in [-0.05, 0) is 74.8 Å². The minimum atomic E-state index is 0.722. The summed E-state index contributed by atoms with van der Waals surface area (Å²) < 4.78 is 0. The van der Waals surface area contributed by atoms with Gasteiger partial charge in [0.1, 0.15) is 0 Å². The van der Waals surface area contributed by atoms with Crippen molar-refractivity contribution in [1.82, 2.24) is 5.32 Å². The summed E-state index contributed by atoms with van der Waals surface area (Å²) in [6.45, 7) is 9.69. The highest BCUT2D eigenvalue weighted by Gasteiger charge is 2.42. The summed E-state index contributed by atoms with van der Waals surface area (Å²) in [7, 11) is 0. The quantitative estimate of drug-likeness (QED) is 0.769. The molecule has 1 aliphatic heterocycles. The first-order valence-electron chi connectivity index (χ1n) is 8.37. The van der Waals surface area contributed by atoms with E-state index in [0.717, 1.165) is 23.2 Å². The predicted molar refractivity (Wildman–Crippen MR) is 79.7 cm³/mol. The van der Waals surface area contributed by atoms with Gasteiger partial charge in [0.15, 0.2) is 0 Å². The molecule has 1 saturated heterocycles. The molecule has 1 aliphatic carbocycles. The van der Waals surface area contributed by atoms with Gasteiger partial charge < -0.3 is 5.32 Å². The van der Waals surface area contributed by atoms with Gasteiger partial charge in [0.05, 0.1) is 0 Å². The molecule has 1 unspecified atom stereocenters. The van der Waals surface area contributed by atoms with Crippen molar-refractivity contribution in [2.45, 2.75) is 72.1 Å². The van der Waals surface area contributed by atoms with E-state index >= 15 is 0 Å². The number of hydrogen-bond acceptors (Lipinski definition) is 1. The predicted octanol–water partition coefficient (Wildman–Crippen LogP) is 4.62. The summed E-state index contributed by atoms with van der Waals surface area (Å²) in [6, 6.07) is 0. The average Bonchev–Trinajstić information content (AvgIpc) is 2.35. The van der Waals surface area contributed by atoms with Gasteiger partial charge in [-0.2, -0.15) is 0 Å². The van der Waals surface area contributed by atoms with Crippen molar-refractivity contribution in [3.05, 3.63) is 0 Å². The maximum Gasteiger partial charge on any atom is -0.00151 e. The van der Waals surface area contributed by atoms with Crippen LogP contribution in [0.4, 0.5) is 0 Å². The zero-order valence-electron chi connectivity index (χ0n) is 12.8. The fourth-order valence-corrected chi connectivity index (χ4v) is 4.54. The largest absolute Gasteiger partial charge is 0.316 e. The van der Waals surface area contributed by atoms with E-state index in [1.165, 1.54) is 64.5 Å². The maximum atomic E-state index is 3.65. The fraction of sp³-hybridized carbons (Fsp3) is 1.00. The van der Waals surface area contributed by atoms with Crippen LogP contribution in [-0.4, -0.2) is 13.1 Å². The molecule has 0 bridgehead atoms. The molecule has 0 radical (unpaired) electrons. The highest BCUT2D eigenvalue weighted by atomic mass is 14.9. The third-order valence-corrected chi connectivity index (χ3v) is 5.61. The molecule has 0 aromatic carbocycles. The van der Waals surface area contributed by atoms with Gasteiger partial charge in [0.2, 0.25) is 0 Å². The van der Waals surface area contributed by atoms with E-state index in [2.05, 4.69) is 26.1 Å². The number of piperidine rings is 1. The normalized spacial score (nSPS) is 37.3. The van der Waals surface area contributed by atoms with Crippen LogP contribution >= 0.6 is 0 Å². The Morgan fingerprint density at radius 3 is 2.50 bits per heavy atom. The Morgan fingerprint density at radius 1 is 1.17 bits per heavy atom. The van der Waals surface area contributed by atoms with Crippen LogP contribution in [0, 0.1) is 23.2 Å². The van der Waals surface area contributed by atoms with Crippen LogP contribution in [0.15, 0.2) is 0 Å². The molecule has 1 spiro atoms. The topological polar surface area (TPSA) is 12.0 Å². The highest BCUT2D eigenvalue weighted by Crippen LogP contribution is 2.50. The van der Waals surface area contributed by atoms with E-state index in [1.54, 1.807) is 0 Å². The molecule has 1 nitrogen and oxygen atoms in total. The van der Waals surface area contributed by atoms with E-state index in [-0.39, 0.29) is 0 Å². The second kappa shape index (κ2) is 6.41. The number of rotatable bonds is 4. The van der Waals surface area contributed by atoms with Crippen molar-refractivity contribution >= 4 is 0 Å². The molecule has 18 heavy (non-hydrogen) atoms. The molecule has 1 heteroatoms. The zero-order valence-corrected chi connectivity index (χ0v) is 12.8. The summed E-state index contributed by atoms with van der Waals surface area (Å²) in [6.07, 6.45) is 11.8. The monoisotopic (exact) mass is 251 g/mol. The summed E-state index contributed by atoms with van der Waals surface area (Å²) in [5, 5.41) is 3.65. The lowest BCUT2D eigenvalue weighted by Gasteiger charge is -2.49. The van der Waals surface area contributed by atoms with Crippen molar-refractivity contribution < 1.29 is 0 Å². The SMILES string of the molecule is CCCC1CCC2(CCNCC2CC(C)C)CC1. The smallest absolute Gasteiger partial charge is 0.00151 e. The fourth-order valence-electron chi connectivity index (χ4n) is 4.54. The molecule has 1 saturated carbocycles. The van der Waals surface area contributed by atoms with E-state index in [0.29, 0.717) is 0 Å². The van der Waals surface area contributed by atoms with Crippen molar-refractivity contribution in [1.29, 1.82) is 0 Å². The van der Waals surface area contributed by atoms with Gasteiger partial charge in [-0.15, -0.1) is 0 Å². The van der Waals surface area contributed by atoms with E-state index in [4.69, 9.17) is 0 Å². The van der Waals surface area contributed by atoms with Crippen LogP contribution in [-0.2, 0) is 0 Å². The molecule has 1 heterocycles. The van der Waals surface area contributed by atoms with Gasteiger partial charge in [0.25, 0.3) is 0 Å². The summed E-state index contributed by atoms with van der Waals surface area (Å²) >= 11 is 0. The van der Waals surface area contributed by atoms with Gasteiger partial charge in [0, 0.05) is 0 Å². The van der Waals surface area contributed by atoms with Gasteiger partial charge in [-0.3, -0.25) is 0 Å². The molecule has 2 fully saturated rings. The zero-order chi connectivity index (χ0) is 13.0. The van der Waals surface area contributed by atoms with Crippen LogP contribution in [0.2, 0.25) is 0 Å². The Bertz CT molecular complexity index is 238. The van der Waals surface area contributed by atoms with Crippen molar-refractivity contribution in [2.75, 3.05) is 13.1 Å². The Morgan fingerprint density at radius 2 is 1.89 bits per heavy atom. The van der Waals surface area contributed by atoms with Crippen LogP contribution < -0.4 is 5.32 Å². The summed E-state index contributed by atoms with van der Waals surface area (Å²) in [5.74, 6) is 2.86. The summed E-state index contributed by atoms with van der Waals surface area (Å²) in [4.78, 5) is 0. The van der Waals surface area contributed by atoms with Crippen molar-refractivity contribution in [3.8, 4) is 0 Å². The molecule has 2 rings (SSSR count). The van der Waals surface area contributed by atoms with Gasteiger partial charge in [-0.25, -0.2) is 0 Å². The number of hydrogen-bond donors (Lipinski definition) is 1. The molecule has 0 aromatic heterocycles. The Kier molecular flexibility index (Phi) is 5.12. The molecule has 2 aliphatic rings. The second-order valence-corrected chi connectivity index (χ2v) is 7.38. The molecule has 1 N–H and O–H groups in total. The minimum absolute atomic E-state index is 0.722. The number of nitrogens with one attached hydrogen (secondary N) is 1. The van der Waals surface area contributed by atoms with Crippen LogP contribution in [0.5, 0.6) is 0 Å². The molecule has 0 aromatic rings. The molecule has 0 amide bonds. The standard InChI is InChI=1S/C17H33N/c1-4-5-15-6-8-17(9-7-15)10-11-18-13-16(17)12-14(2)3/h14-16,18H,4-13H2,1-3H3. The van der Waals surface area contributed by atoms with Crippen molar-refractivity contribution in [3.63, 3.8) is 0 Å². The van der Waals surface area contributed by atoms with E-state index in [1.807, 2.05) is 0 Å². The maximum absolute atomic E-state index is 3.65. The van der Waals surface area contributed by atoms with Gasteiger partial charge in [-0.1, -0.05) is 33.6 Å². The average molecular weight is 251 g/mol. The van der Waals surface area contributed by atoms with Gasteiger partial charge >= 0.3 is 0 Å². The Hall–Kier alpha value is -0.0400. The first kappa shape index (κ1) is 14.4. The molecular formula is C17H33N. The second-order valence-electron chi connectivity index (χ2n) is 7.38. The lowest BCUT2D eigenvalue weighted by atomic mass is 9.59.